The van der Waals surface area contributed by atoms with Crippen molar-refractivity contribution in [3.8, 4) is 0 Å². The zero-order chi connectivity index (χ0) is 13.7. The zero-order valence-corrected chi connectivity index (χ0v) is 10.5. The van der Waals surface area contributed by atoms with Gasteiger partial charge in [-0.15, -0.1) is 0 Å². The number of halogens is 2. The minimum Gasteiger partial charge on any atom is -0.481 e. The van der Waals surface area contributed by atoms with Crippen LogP contribution < -0.4 is 5.32 Å². The second-order valence-corrected chi connectivity index (χ2v) is 4.49. The van der Waals surface area contributed by atoms with E-state index in [1.807, 2.05) is 0 Å². The smallest absolute Gasteiger partial charge is 0.303 e. The van der Waals surface area contributed by atoms with Crippen molar-refractivity contribution in [1.82, 2.24) is 0 Å². The largest absolute Gasteiger partial charge is 0.481 e. The monoisotopic (exact) mass is 273 g/mol. The summed E-state index contributed by atoms with van der Waals surface area (Å²) in [4.78, 5) is 22.0. The van der Waals surface area contributed by atoms with Crippen molar-refractivity contribution in [2.45, 2.75) is 19.8 Å². The van der Waals surface area contributed by atoms with E-state index in [0.717, 1.165) is 6.07 Å². The second kappa shape index (κ2) is 6.35. The van der Waals surface area contributed by atoms with Gasteiger partial charge in [0.05, 0.1) is 5.02 Å². The SMILES string of the molecule is CC(CC(=O)O)CC(=O)Nc1ccc(F)c(Cl)c1. The first kappa shape index (κ1) is 14.4. The molecular formula is C12H13ClFNO3. The molecule has 1 amide bonds. The molecule has 0 heterocycles. The number of rotatable bonds is 5. The normalized spacial score (nSPS) is 11.9. The highest BCUT2D eigenvalue weighted by atomic mass is 35.5. The number of aliphatic carboxylic acids is 1. The average molecular weight is 274 g/mol. The van der Waals surface area contributed by atoms with Crippen molar-refractivity contribution in [3.05, 3.63) is 29.0 Å². The van der Waals surface area contributed by atoms with Gasteiger partial charge in [-0.3, -0.25) is 9.59 Å². The number of carbonyl (C=O) groups excluding carboxylic acids is 1. The number of nitrogens with one attached hydrogen (secondary N) is 1. The number of anilines is 1. The van der Waals surface area contributed by atoms with Gasteiger partial charge < -0.3 is 10.4 Å². The third-order valence-corrected chi connectivity index (χ3v) is 2.55. The molecule has 2 N–H and O–H groups in total. The molecule has 0 aromatic heterocycles. The Bertz CT molecular complexity index is 465. The average Bonchev–Trinajstić information content (AvgIpc) is 2.21. The lowest BCUT2D eigenvalue weighted by atomic mass is 10.0. The number of carboxylic acid groups (broad SMARTS) is 1. The van der Waals surface area contributed by atoms with Crippen molar-refractivity contribution < 1.29 is 19.1 Å². The van der Waals surface area contributed by atoms with Gasteiger partial charge in [-0.1, -0.05) is 18.5 Å². The Kier molecular flexibility index (Phi) is 5.09. The maximum absolute atomic E-state index is 12.9. The summed E-state index contributed by atoms with van der Waals surface area (Å²) in [5, 5.41) is 11.0. The summed E-state index contributed by atoms with van der Waals surface area (Å²) < 4.78 is 12.9. The lowest BCUT2D eigenvalue weighted by molar-refractivity contribution is -0.138. The van der Waals surface area contributed by atoms with Gasteiger partial charge in [0.15, 0.2) is 0 Å². The highest BCUT2D eigenvalue weighted by molar-refractivity contribution is 6.31. The van der Waals surface area contributed by atoms with Crippen LogP contribution in [0.2, 0.25) is 5.02 Å². The van der Waals surface area contributed by atoms with Crippen molar-refractivity contribution in [1.29, 1.82) is 0 Å². The number of amides is 1. The number of benzene rings is 1. The van der Waals surface area contributed by atoms with E-state index in [1.54, 1.807) is 6.92 Å². The second-order valence-electron chi connectivity index (χ2n) is 4.08. The van der Waals surface area contributed by atoms with Crippen LogP contribution in [0.4, 0.5) is 10.1 Å². The van der Waals surface area contributed by atoms with Crippen LogP contribution in [0.5, 0.6) is 0 Å². The molecule has 98 valence electrons. The summed E-state index contributed by atoms with van der Waals surface area (Å²) >= 11 is 5.57. The van der Waals surface area contributed by atoms with Crippen LogP contribution in [0.1, 0.15) is 19.8 Å². The lowest BCUT2D eigenvalue weighted by Crippen LogP contribution is -2.17. The molecule has 6 heteroatoms. The first-order valence-electron chi connectivity index (χ1n) is 5.35. The fraction of sp³-hybridized carbons (Fsp3) is 0.333. The summed E-state index contributed by atoms with van der Waals surface area (Å²) in [6, 6.07) is 3.84. The highest BCUT2D eigenvalue weighted by Gasteiger charge is 2.13. The maximum atomic E-state index is 12.9. The first-order valence-corrected chi connectivity index (χ1v) is 5.73. The molecule has 0 fully saturated rings. The van der Waals surface area contributed by atoms with E-state index in [1.165, 1.54) is 12.1 Å². The molecule has 0 aliphatic carbocycles. The minimum absolute atomic E-state index is 0.0718. The fourth-order valence-corrected chi connectivity index (χ4v) is 1.65. The van der Waals surface area contributed by atoms with Crippen LogP contribution >= 0.6 is 11.6 Å². The molecule has 1 aromatic rings. The molecule has 18 heavy (non-hydrogen) atoms. The summed E-state index contributed by atoms with van der Waals surface area (Å²) in [5.74, 6) is -2.10. The molecule has 4 nitrogen and oxygen atoms in total. The third-order valence-electron chi connectivity index (χ3n) is 2.26. The third kappa shape index (κ3) is 4.71. The van der Waals surface area contributed by atoms with Crippen molar-refractivity contribution in [2.75, 3.05) is 5.32 Å². The Balaban J connectivity index is 2.54. The Hall–Kier alpha value is -1.62. The minimum atomic E-state index is -0.944. The van der Waals surface area contributed by atoms with E-state index in [2.05, 4.69) is 5.32 Å². The van der Waals surface area contributed by atoms with Gasteiger partial charge in [0.25, 0.3) is 0 Å². The van der Waals surface area contributed by atoms with Gasteiger partial charge >= 0.3 is 5.97 Å². The Morgan fingerprint density at radius 1 is 1.44 bits per heavy atom. The zero-order valence-electron chi connectivity index (χ0n) is 9.74. The number of carboxylic acids is 1. The predicted octanol–water partition coefficient (Wildman–Crippen LogP) is 2.92. The number of hydrogen-bond acceptors (Lipinski definition) is 2. The molecule has 0 aliphatic rings. The molecule has 1 rings (SSSR count). The van der Waals surface area contributed by atoms with Crippen molar-refractivity contribution in [3.63, 3.8) is 0 Å². The van der Waals surface area contributed by atoms with Crippen molar-refractivity contribution >= 4 is 29.2 Å². The van der Waals surface area contributed by atoms with E-state index in [-0.39, 0.29) is 29.7 Å². The molecule has 1 unspecified atom stereocenters. The van der Waals surface area contributed by atoms with Crippen LogP contribution in [0, 0.1) is 11.7 Å². The fourth-order valence-electron chi connectivity index (χ4n) is 1.47. The molecule has 0 bridgehead atoms. The molecule has 0 saturated carbocycles. The van der Waals surface area contributed by atoms with Crippen LogP contribution in [0.3, 0.4) is 0 Å². The number of carbonyl (C=O) groups is 2. The maximum Gasteiger partial charge on any atom is 0.303 e. The topological polar surface area (TPSA) is 66.4 Å². The Labute approximate surface area is 109 Å². The van der Waals surface area contributed by atoms with Gasteiger partial charge in [-0.2, -0.15) is 0 Å². The molecular weight excluding hydrogens is 261 g/mol. The van der Waals surface area contributed by atoms with Gasteiger partial charge in [0.1, 0.15) is 5.82 Å². The summed E-state index contributed by atoms with van der Waals surface area (Å²) in [7, 11) is 0. The molecule has 0 aliphatic heterocycles. The predicted molar refractivity (Wildman–Crippen MR) is 66.1 cm³/mol. The van der Waals surface area contributed by atoms with Crippen molar-refractivity contribution in [2.24, 2.45) is 5.92 Å². The van der Waals surface area contributed by atoms with Crippen LogP contribution in [-0.2, 0) is 9.59 Å². The van der Waals surface area contributed by atoms with Crippen LogP contribution in [-0.4, -0.2) is 17.0 Å². The van der Waals surface area contributed by atoms with E-state index >= 15 is 0 Å². The van der Waals surface area contributed by atoms with E-state index in [9.17, 15) is 14.0 Å². The summed E-state index contributed by atoms with van der Waals surface area (Å²) in [5.41, 5.74) is 0.383. The van der Waals surface area contributed by atoms with E-state index in [0.29, 0.717) is 5.69 Å². The standard InChI is InChI=1S/C12H13ClFNO3/c1-7(5-12(17)18)4-11(16)15-8-2-3-10(14)9(13)6-8/h2-3,6-7H,4-5H2,1H3,(H,15,16)(H,17,18). The Morgan fingerprint density at radius 2 is 2.11 bits per heavy atom. The van der Waals surface area contributed by atoms with Gasteiger partial charge in [-0.05, 0) is 24.1 Å². The van der Waals surface area contributed by atoms with Gasteiger partial charge in [0, 0.05) is 18.5 Å². The molecule has 1 aromatic carbocycles. The van der Waals surface area contributed by atoms with Crippen LogP contribution in [0.25, 0.3) is 0 Å². The van der Waals surface area contributed by atoms with Crippen LogP contribution in [0.15, 0.2) is 18.2 Å². The summed E-state index contributed by atoms with van der Waals surface area (Å²) in [6.45, 7) is 1.67. The van der Waals surface area contributed by atoms with Gasteiger partial charge in [0.2, 0.25) is 5.91 Å². The quantitative estimate of drug-likeness (QED) is 0.867. The van der Waals surface area contributed by atoms with E-state index < -0.39 is 11.8 Å². The first-order chi connectivity index (χ1) is 8.38. The number of hydrogen-bond donors (Lipinski definition) is 2. The summed E-state index contributed by atoms with van der Waals surface area (Å²) in [6.07, 6.45) is 0.0128. The van der Waals surface area contributed by atoms with E-state index in [4.69, 9.17) is 16.7 Å². The molecule has 0 saturated heterocycles. The molecule has 0 spiro atoms. The molecule has 1 atom stereocenters. The Morgan fingerprint density at radius 3 is 2.67 bits per heavy atom. The lowest BCUT2D eigenvalue weighted by Gasteiger charge is -2.09. The molecule has 0 radical (unpaired) electrons. The van der Waals surface area contributed by atoms with Gasteiger partial charge in [-0.25, -0.2) is 4.39 Å². The highest BCUT2D eigenvalue weighted by Crippen LogP contribution is 2.20.